The molecule has 2 atom stereocenters. The molecule has 1 aliphatic carbocycles. The molecule has 0 heterocycles. The molecule has 0 amide bonds. The number of nitrogens with two attached hydrogens (primary N) is 1. The van der Waals surface area contributed by atoms with Crippen molar-refractivity contribution >= 4 is 5.97 Å². The van der Waals surface area contributed by atoms with E-state index in [1.54, 1.807) is 6.08 Å². The molecule has 0 aliphatic heterocycles. The standard InChI is InChI=1S/C12H21NO3/c1-4-12(2,3)16-10-6-8(11(14)15)5-9(13)7-10/h6,9-10H,4-5,7,13H2,1-3H3,(H,14,15)/t9-,10+/m0/s1. The van der Waals surface area contributed by atoms with Crippen LogP contribution < -0.4 is 5.73 Å². The van der Waals surface area contributed by atoms with E-state index in [1.165, 1.54) is 0 Å². The molecule has 16 heavy (non-hydrogen) atoms. The first-order valence-electron chi connectivity index (χ1n) is 5.71. The lowest BCUT2D eigenvalue weighted by molar-refractivity contribution is -0.133. The largest absolute Gasteiger partial charge is 0.478 e. The Balaban J connectivity index is 2.73. The van der Waals surface area contributed by atoms with Crippen molar-refractivity contribution in [2.24, 2.45) is 5.73 Å². The fraction of sp³-hybridized carbons (Fsp3) is 0.750. The van der Waals surface area contributed by atoms with Gasteiger partial charge in [0.15, 0.2) is 0 Å². The molecule has 0 fully saturated rings. The van der Waals surface area contributed by atoms with Crippen molar-refractivity contribution in [3.63, 3.8) is 0 Å². The lowest BCUT2D eigenvalue weighted by Gasteiger charge is -2.32. The Morgan fingerprint density at radius 3 is 2.81 bits per heavy atom. The summed E-state index contributed by atoms with van der Waals surface area (Å²) in [6, 6.07) is -0.117. The number of aliphatic carboxylic acids is 1. The monoisotopic (exact) mass is 227 g/mol. The fourth-order valence-electron chi connectivity index (χ4n) is 1.76. The van der Waals surface area contributed by atoms with Gasteiger partial charge in [-0.15, -0.1) is 0 Å². The van der Waals surface area contributed by atoms with E-state index in [0.717, 1.165) is 6.42 Å². The minimum Gasteiger partial charge on any atom is -0.478 e. The van der Waals surface area contributed by atoms with Crippen molar-refractivity contribution in [3.8, 4) is 0 Å². The Labute approximate surface area is 96.5 Å². The lowest BCUT2D eigenvalue weighted by Crippen LogP contribution is -2.37. The molecule has 1 aliphatic rings. The Hall–Kier alpha value is -0.870. The van der Waals surface area contributed by atoms with Gasteiger partial charge in [0.05, 0.1) is 11.7 Å². The Morgan fingerprint density at radius 1 is 1.69 bits per heavy atom. The summed E-state index contributed by atoms with van der Waals surface area (Å²) in [5.74, 6) is -0.891. The quantitative estimate of drug-likeness (QED) is 0.766. The SMILES string of the molecule is CCC(C)(C)O[C@@H]1C=C(C(=O)O)C[C@H](N)C1. The molecule has 0 spiro atoms. The first kappa shape index (κ1) is 13.2. The van der Waals surface area contributed by atoms with E-state index in [0.29, 0.717) is 18.4 Å². The fourth-order valence-corrected chi connectivity index (χ4v) is 1.76. The number of hydrogen-bond acceptors (Lipinski definition) is 3. The minimum atomic E-state index is -0.891. The highest BCUT2D eigenvalue weighted by Crippen LogP contribution is 2.25. The van der Waals surface area contributed by atoms with Gasteiger partial charge in [0.2, 0.25) is 0 Å². The molecule has 0 aromatic carbocycles. The first-order valence-corrected chi connectivity index (χ1v) is 5.71. The Kier molecular flexibility index (Phi) is 4.10. The summed E-state index contributed by atoms with van der Waals surface area (Å²) in [4.78, 5) is 10.9. The molecule has 3 N–H and O–H groups in total. The van der Waals surface area contributed by atoms with E-state index in [9.17, 15) is 4.79 Å². The van der Waals surface area contributed by atoms with Gasteiger partial charge in [0, 0.05) is 11.6 Å². The summed E-state index contributed by atoms with van der Waals surface area (Å²) in [6.07, 6.45) is 3.53. The normalized spacial score (nSPS) is 26.4. The van der Waals surface area contributed by atoms with E-state index in [4.69, 9.17) is 15.6 Å². The van der Waals surface area contributed by atoms with Crippen molar-refractivity contribution in [2.75, 3.05) is 0 Å². The molecule has 4 heteroatoms. The summed E-state index contributed by atoms with van der Waals surface area (Å²) in [5.41, 5.74) is 5.97. The topological polar surface area (TPSA) is 72.5 Å². The third-order valence-electron chi connectivity index (χ3n) is 3.00. The molecule has 0 unspecified atom stereocenters. The van der Waals surface area contributed by atoms with Crippen LogP contribution in [0.25, 0.3) is 0 Å². The van der Waals surface area contributed by atoms with Crippen LogP contribution in [0.5, 0.6) is 0 Å². The minimum absolute atomic E-state index is 0.117. The smallest absolute Gasteiger partial charge is 0.331 e. The number of carbonyl (C=O) groups is 1. The van der Waals surface area contributed by atoms with E-state index in [2.05, 4.69) is 0 Å². The van der Waals surface area contributed by atoms with Gasteiger partial charge in [-0.25, -0.2) is 4.79 Å². The van der Waals surface area contributed by atoms with Crippen molar-refractivity contribution in [1.82, 2.24) is 0 Å². The van der Waals surface area contributed by atoms with E-state index in [1.807, 2.05) is 20.8 Å². The molecular weight excluding hydrogens is 206 g/mol. The molecule has 0 saturated carbocycles. The predicted molar refractivity (Wildman–Crippen MR) is 62.2 cm³/mol. The highest BCUT2D eigenvalue weighted by Gasteiger charge is 2.27. The van der Waals surface area contributed by atoms with Gasteiger partial charge >= 0.3 is 5.97 Å². The summed E-state index contributed by atoms with van der Waals surface area (Å²) < 4.78 is 5.86. The second-order valence-corrected chi connectivity index (χ2v) is 4.97. The number of carboxylic acid groups (broad SMARTS) is 1. The molecule has 0 aromatic heterocycles. The number of carboxylic acids is 1. The zero-order valence-electron chi connectivity index (χ0n) is 10.2. The van der Waals surface area contributed by atoms with Crippen LogP contribution in [-0.4, -0.2) is 28.8 Å². The van der Waals surface area contributed by atoms with Crippen LogP contribution in [0.1, 0.15) is 40.0 Å². The van der Waals surface area contributed by atoms with Crippen LogP contribution in [0.3, 0.4) is 0 Å². The van der Waals surface area contributed by atoms with Crippen LogP contribution in [-0.2, 0) is 9.53 Å². The number of rotatable bonds is 4. The maximum absolute atomic E-state index is 10.9. The van der Waals surface area contributed by atoms with E-state index in [-0.39, 0.29) is 17.7 Å². The van der Waals surface area contributed by atoms with Gasteiger partial charge in [0.1, 0.15) is 0 Å². The molecule has 1 rings (SSSR count). The predicted octanol–water partition coefficient (Wildman–Crippen LogP) is 1.69. The average molecular weight is 227 g/mol. The van der Waals surface area contributed by atoms with Gasteiger partial charge in [-0.2, -0.15) is 0 Å². The van der Waals surface area contributed by atoms with Crippen LogP contribution in [0.4, 0.5) is 0 Å². The summed E-state index contributed by atoms with van der Waals surface area (Å²) >= 11 is 0. The molecule has 92 valence electrons. The third-order valence-corrected chi connectivity index (χ3v) is 3.00. The van der Waals surface area contributed by atoms with E-state index >= 15 is 0 Å². The van der Waals surface area contributed by atoms with Crippen LogP contribution in [0.2, 0.25) is 0 Å². The van der Waals surface area contributed by atoms with Gasteiger partial charge in [0.25, 0.3) is 0 Å². The highest BCUT2D eigenvalue weighted by molar-refractivity contribution is 5.87. The third kappa shape index (κ3) is 3.61. The highest BCUT2D eigenvalue weighted by atomic mass is 16.5. The number of hydrogen-bond donors (Lipinski definition) is 2. The first-order chi connectivity index (χ1) is 7.34. The zero-order chi connectivity index (χ0) is 12.3. The van der Waals surface area contributed by atoms with Crippen molar-refractivity contribution in [2.45, 2.75) is 57.8 Å². The lowest BCUT2D eigenvalue weighted by atomic mass is 9.92. The second-order valence-electron chi connectivity index (χ2n) is 4.97. The molecule has 0 saturated heterocycles. The summed E-state index contributed by atoms with van der Waals surface area (Å²) in [6.45, 7) is 6.05. The van der Waals surface area contributed by atoms with E-state index < -0.39 is 5.97 Å². The van der Waals surface area contributed by atoms with Crippen LogP contribution in [0, 0.1) is 0 Å². The average Bonchev–Trinajstić information content (AvgIpc) is 2.16. The van der Waals surface area contributed by atoms with Crippen LogP contribution >= 0.6 is 0 Å². The Morgan fingerprint density at radius 2 is 2.31 bits per heavy atom. The van der Waals surface area contributed by atoms with Crippen LogP contribution in [0.15, 0.2) is 11.6 Å². The van der Waals surface area contributed by atoms with Gasteiger partial charge in [-0.05, 0) is 39.2 Å². The summed E-state index contributed by atoms with van der Waals surface area (Å²) in [5, 5.41) is 8.95. The Bertz CT molecular complexity index is 297. The maximum Gasteiger partial charge on any atom is 0.331 e. The summed E-state index contributed by atoms with van der Waals surface area (Å²) in [7, 11) is 0. The van der Waals surface area contributed by atoms with Gasteiger partial charge in [-0.1, -0.05) is 6.92 Å². The van der Waals surface area contributed by atoms with Crippen molar-refractivity contribution in [3.05, 3.63) is 11.6 Å². The van der Waals surface area contributed by atoms with Crippen molar-refractivity contribution in [1.29, 1.82) is 0 Å². The maximum atomic E-state index is 10.9. The van der Waals surface area contributed by atoms with Gasteiger partial charge in [-0.3, -0.25) is 0 Å². The molecule has 0 bridgehead atoms. The molecular formula is C12H21NO3. The molecule has 4 nitrogen and oxygen atoms in total. The second kappa shape index (κ2) is 4.97. The number of ether oxygens (including phenoxy) is 1. The van der Waals surface area contributed by atoms with Crippen molar-refractivity contribution < 1.29 is 14.6 Å². The molecule has 0 radical (unpaired) electrons. The van der Waals surface area contributed by atoms with Gasteiger partial charge < -0.3 is 15.6 Å². The molecule has 0 aromatic rings. The zero-order valence-corrected chi connectivity index (χ0v) is 10.2.